The van der Waals surface area contributed by atoms with Crippen molar-refractivity contribution in [3.05, 3.63) is 33.3 Å². The third kappa shape index (κ3) is 2.18. The molecule has 0 spiro atoms. The number of hydrogen-bond acceptors (Lipinski definition) is 1. The van der Waals surface area contributed by atoms with Gasteiger partial charge in [0.15, 0.2) is 0 Å². The van der Waals surface area contributed by atoms with Gasteiger partial charge < -0.3 is 5.11 Å². The molecule has 0 fully saturated rings. The molecular formula is C8H6BrClF2O. The van der Waals surface area contributed by atoms with Crippen molar-refractivity contribution in [3.8, 4) is 0 Å². The minimum Gasteiger partial charge on any atom is -0.390 e. The highest BCUT2D eigenvalue weighted by molar-refractivity contribution is 9.10. The Balaban J connectivity index is 3.22. The molecule has 0 aliphatic rings. The molecule has 1 nitrogen and oxygen atoms in total. The van der Waals surface area contributed by atoms with E-state index < -0.39 is 12.5 Å². The highest BCUT2D eigenvalue weighted by Crippen LogP contribution is 2.36. The van der Waals surface area contributed by atoms with Crippen molar-refractivity contribution in [2.45, 2.75) is 5.92 Å². The zero-order valence-electron chi connectivity index (χ0n) is 6.40. The van der Waals surface area contributed by atoms with Gasteiger partial charge in [-0.05, 0) is 22.0 Å². The lowest BCUT2D eigenvalue weighted by Gasteiger charge is -2.15. The number of aliphatic hydroxyl groups is 1. The van der Waals surface area contributed by atoms with Gasteiger partial charge in [0.1, 0.15) is 6.61 Å². The molecule has 0 aromatic heterocycles. The van der Waals surface area contributed by atoms with Crippen LogP contribution in [0.5, 0.6) is 0 Å². The molecule has 0 aliphatic heterocycles. The van der Waals surface area contributed by atoms with E-state index in [1.807, 2.05) is 0 Å². The van der Waals surface area contributed by atoms with Crippen LogP contribution in [-0.2, 0) is 5.92 Å². The van der Waals surface area contributed by atoms with Crippen LogP contribution in [0.15, 0.2) is 22.7 Å². The van der Waals surface area contributed by atoms with Crippen LogP contribution in [-0.4, -0.2) is 11.7 Å². The monoisotopic (exact) mass is 270 g/mol. The van der Waals surface area contributed by atoms with Gasteiger partial charge in [0, 0.05) is 10.0 Å². The first-order chi connectivity index (χ1) is 5.99. The standard InChI is InChI=1S/C8H6BrClF2O/c9-6-3-1-2-5(7(6)10)8(11,12)4-13/h1-3,13H,4H2. The fourth-order valence-corrected chi connectivity index (χ4v) is 1.50. The Morgan fingerprint density at radius 3 is 2.62 bits per heavy atom. The predicted molar refractivity (Wildman–Crippen MR) is 50.1 cm³/mol. The van der Waals surface area contributed by atoms with Gasteiger partial charge in [0.05, 0.1) is 5.02 Å². The molecule has 13 heavy (non-hydrogen) atoms. The van der Waals surface area contributed by atoms with Crippen LogP contribution >= 0.6 is 27.5 Å². The van der Waals surface area contributed by atoms with E-state index in [1.165, 1.54) is 12.1 Å². The Kier molecular flexibility index (Phi) is 3.27. The first-order valence-corrected chi connectivity index (χ1v) is 4.59. The number of aliphatic hydroxyl groups excluding tert-OH is 1. The van der Waals surface area contributed by atoms with E-state index in [0.29, 0.717) is 4.47 Å². The van der Waals surface area contributed by atoms with Crippen LogP contribution in [0.4, 0.5) is 8.78 Å². The van der Waals surface area contributed by atoms with Crippen molar-refractivity contribution in [2.75, 3.05) is 6.61 Å². The predicted octanol–water partition coefficient (Wildman–Crippen LogP) is 3.19. The summed E-state index contributed by atoms with van der Waals surface area (Å²) in [6.07, 6.45) is 0. The first-order valence-electron chi connectivity index (χ1n) is 3.42. The van der Waals surface area contributed by atoms with Gasteiger partial charge in [-0.1, -0.05) is 23.7 Å². The second-order valence-electron chi connectivity index (χ2n) is 2.46. The number of hydrogen-bond donors (Lipinski definition) is 1. The highest BCUT2D eigenvalue weighted by atomic mass is 79.9. The summed E-state index contributed by atoms with van der Waals surface area (Å²) in [4.78, 5) is 0. The number of alkyl halides is 2. The van der Waals surface area contributed by atoms with E-state index in [1.54, 1.807) is 6.07 Å². The van der Waals surface area contributed by atoms with E-state index in [9.17, 15) is 8.78 Å². The molecule has 0 saturated heterocycles. The second-order valence-corrected chi connectivity index (χ2v) is 3.70. The Morgan fingerprint density at radius 1 is 1.46 bits per heavy atom. The summed E-state index contributed by atoms with van der Waals surface area (Å²) < 4.78 is 26.3. The molecule has 0 saturated carbocycles. The van der Waals surface area contributed by atoms with Crippen molar-refractivity contribution >= 4 is 27.5 Å². The molecule has 0 heterocycles. The van der Waals surface area contributed by atoms with Crippen LogP contribution in [0.3, 0.4) is 0 Å². The molecule has 1 aromatic carbocycles. The Morgan fingerprint density at radius 2 is 2.08 bits per heavy atom. The van der Waals surface area contributed by atoms with Gasteiger partial charge in [0.25, 0.3) is 5.92 Å². The summed E-state index contributed by atoms with van der Waals surface area (Å²) in [5.41, 5.74) is -0.369. The number of halogens is 4. The average Bonchev–Trinajstić information content (AvgIpc) is 2.09. The third-order valence-corrected chi connectivity index (χ3v) is 2.84. The van der Waals surface area contributed by atoms with Gasteiger partial charge >= 0.3 is 0 Å². The highest BCUT2D eigenvalue weighted by Gasteiger charge is 2.33. The molecule has 0 aliphatic carbocycles. The fourth-order valence-electron chi connectivity index (χ4n) is 0.871. The van der Waals surface area contributed by atoms with Crippen LogP contribution in [0.2, 0.25) is 5.02 Å². The molecule has 0 unspecified atom stereocenters. The minimum absolute atomic E-state index is 0.0680. The lowest BCUT2D eigenvalue weighted by molar-refractivity contribution is -0.0555. The topological polar surface area (TPSA) is 20.2 Å². The van der Waals surface area contributed by atoms with Crippen molar-refractivity contribution < 1.29 is 13.9 Å². The van der Waals surface area contributed by atoms with Gasteiger partial charge in [-0.15, -0.1) is 0 Å². The zero-order chi connectivity index (χ0) is 10.1. The molecular weight excluding hydrogens is 265 g/mol. The van der Waals surface area contributed by atoms with Gasteiger partial charge in [-0.2, -0.15) is 8.78 Å². The maximum Gasteiger partial charge on any atom is 0.297 e. The quantitative estimate of drug-likeness (QED) is 0.876. The van der Waals surface area contributed by atoms with Crippen molar-refractivity contribution in [1.82, 2.24) is 0 Å². The SMILES string of the molecule is OCC(F)(F)c1cccc(Br)c1Cl. The molecule has 0 radical (unpaired) electrons. The van der Waals surface area contributed by atoms with Crippen LogP contribution in [0.25, 0.3) is 0 Å². The molecule has 0 amide bonds. The molecule has 5 heteroatoms. The van der Waals surface area contributed by atoms with E-state index in [0.717, 1.165) is 0 Å². The van der Waals surface area contributed by atoms with Gasteiger partial charge in [-0.3, -0.25) is 0 Å². The lowest BCUT2D eigenvalue weighted by Crippen LogP contribution is -2.18. The van der Waals surface area contributed by atoms with E-state index in [-0.39, 0.29) is 10.6 Å². The summed E-state index contributed by atoms with van der Waals surface area (Å²) in [5, 5.41) is 8.37. The molecule has 0 atom stereocenters. The van der Waals surface area contributed by atoms with Crippen LogP contribution in [0.1, 0.15) is 5.56 Å². The minimum atomic E-state index is -3.29. The summed E-state index contributed by atoms with van der Waals surface area (Å²) in [6, 6.07) is 4.18. The summed E-state index contributed by atoms with van der Waals surface area (Å²) in [7, 11) is 0. The lowest BCUT2D eigenvalue weighted by atomic mass is 10.1. The largest absolute Gasteiger partial charge is 0.390 e. The van der Waals surface area contributed by atoms with E-state index >= 15 is 0 Å². The summed E-state index contributed by atoms with van der Waals surface area (Å²) >= 11 is 8.64. The van der Waals surface area contributed by atoms with E-state index in [4.69, 9.17) is 16.7 Å². The van der Waals surface area contributed by atoms with Crippen LogP contribution < -0.4 is 0 Å². The third-order valence-electron chi connectivity index (χ3n) is 1.54. The normalized spacial score (nSPS) is 11.8. The average molecular weight is 271 g/mol. The van der Waals surface area contributed by atoms with Crippen molar-refractivity contribution in [1.29, 1.82) is 0 Å². The number of rotatable bonds is 2. The summed E-state index contributed by atoms with van der Waals surface area (Å²) in [6.45, 7) is -1.25. The van der Waals surface area contributed by atoms with Gasteiger partial charge in [0.2, 0.25) is 0 Å². The molecule has 1 rings (SSSR count). The van der Waals surface area contributed by atoms with Crippen molar-refractivity contribution in [3.63, 3.8) is 0 Å². The molecule has 1 N–H and O–H groups in total. The van der Waals surface area contributed by atoms with Gasteiger partial charge in [-0.25, -0.2) is 0 Å². The smallest absolute Gasteiger partial charge is 0.297 e. The molecule has 0 bridgehead atoms. The molecule has 1 aromatic rings. The maximum absolute atomic E-state index is 13.0. The fraction of sp³-hybridized carbons (Fsp3) is 0.250. The molecule has 72 valence electrons. The number of benzene rings is 1. The van der Waals surface area contributed by atoms with E-state index in [2.05, 4.69) is 15.9 Å². The summed E-state index contributed by atoms with van der Waals surface area (Å²) in [5.74, 6) is -3.29. The Bertz CT molecular complexity index is 317. The Labute approximate surface area is 87.5 Å². The first kappa shape index (κ1) is 10.9. The maximum atomic E-state index is 13.0. The second kappa shape index (κ2) is 3.90. The Hall–Kier alpha value is -0.190. The van der Waals surface area contributed by atoms with Crippen LogP contribution in [0, 0.1) is 0 Å². The zero-order valence-corrected chi connectivity index (χ0v) is 8.74. The van der Waals surface area contributed by atoms with Crippen molar-refractivity contribution in [2.24, 2.45) is 0 Å².